The fraction of sp³-hybridized carbons (Fsp3) is 0.556. The first kappa shape index (κ1) is 21.5. The van der Waals surface area contributed by atoms with Crippen molar-refractivity contribution in [3.8, 4) is 11.5 Å². The van der Waals surface area contributed by atoms with Crippen LogP contribution in [0.25, 0.3) is 0 Å². The molecule has 0 aliphatic carbocycles. The van der Waals surface area contributed by atoms with E-state index in [0.717, 1.165) is 40.8 Å². The summed E-state index contributed by atoms with van der Waals surface area (Å²) in [5.41, 5.74) is 0. The Bertz CT molecular complexity index is 502. The number of benzene rings is 1. The van der Waals surface area contributed by atoms with E-state index in [2.05, 4.69) is 22.6 Å². The number of ether oxygens (including phenoxy) is 4. The Morgan fingerprint density at radius 2 is 1.16 bits per heavy atom. The SMILES string of the molecule is CC(=O)OCCCCOc1cc(I)cc(OCCCCOC(C)=O)c1. The first-order chi connectivity index (χ1) is 12.0. The first-order valence-corrected chi connectivity index (χ1v) is 9.38. The van der Waals surface area contributed by atoms with Gasteiger partial charge in [0, 0.05) is 23.5 Å². The molecule has 0 atom stereocenters. The largest absolute Gasteiger partial charge is 0.493 e. The third kappa shape index (κ3) is 11.6. The van der Waals surface area contributed by atoms with Crippen LogP contribution in [0.1, 0.15) is 39.5 Å². The van der Waals surface area contributed by atoms with Crippen molar-refractivity contribution in [3.63, 3.8) is 0 Å². The molecule has 0 saturated heterocycles. The lowest BCUT2D eigenvalue weighted by Gasteiger charge is -2.11. The molecule has 1 aromatic carbocycles. The van der Waals surface area contributed by atoms with Gasteiger partial charge in [-0.25, -0.2) is 0 Å². The van der Waals surface area contributed by atoms with Crippen molar-refractivity contribution < 1.29 is 28.5 Å². The van der Waals surface area contributed by atoms with Gasteiger partial charge in [-0.15, -0.1) is 0 Å². The molecule has 1 aromatic rings. The average molecular weight is 464 g/mol. The molecule has 0 aliphatic heterocycles. The van der Waals surface area contributed by atoms with Crippen molar-refractivity contribution >= 4 is 34.5 Å². The van der Waals surface area contributed by atoms with Crippen molar-refractivity contribution in [2.45, 2.75) is 39.5 Å². The lowest BCUT2D eigenvalue weighted by atomic mass is 10.3. The third-order valence-electron chi connectivity index (χ3n) is 3.07. The molecule has 140 valence electrons. The molecule has 0 saturated carbocycles. The molecule has 25 heavy (non-hydrogen) atoms. The van der Waals surface area contributed by atoms with E-state index in [0.29, 0.717) is 26.4 Å². The molecule has 0 amide bonds. The van der Waals surface area contributed by atoms with Crippen LogP contribution < -0.4 is 9.47 Å². The van der Waals surface area contributed by atoms with Gasteiger partial charge in [0.15, 0.2) is 0 Å². The van der Waals surface area contributed by atoms with E-state index in [9.17, 15) is 9.59 Å². The highest BCUT2D eigenvalue weighted by atomic mass is 127. The average Bonchev–Trinajstić information content (AvgIpc) is 2.53. The Hall–Kier alpha value is -1.51. The Morgan fingerprint density at radius 1 is 0.760 bits per heavy atom. The van der Waals surface area contributed by atoms with E-state index in [1.807, 2.05) is 18.2 Å². The van der Waals surface area contributed by atoms with Crippen LogP contribution in [-0.2, 0) is 19.1 Å². The monoisotopic (exact) mass is 464 g/mol. The Labute approximate surface area is 162 Å². The second kappa shape index (κ2) is 12.8. The van der Waals surface area contributed by atoms with Crippen LogP contribution in [0.4, 0.5) is 0 Å². The molecule has 7 heteroatoms. The molecule has 0 radical (unpaired) electrons. The van der Waals surface area contributed by atoms with Crippen LogP contribution in [0.5, 0.6) is 11.5 Å². The second-order valence-corrected chi connectivity index (χ2v) is 6.66. The summed E-state index contributed by atoms with van der Waals surface area (Å²) in [7, 11) is 0. The normalized spacial score (nSPS) is 10.2. The number of unbranched alkanes of at least 4 members (excludes halogenated alkanes) is 2. The maximum absolute atomic E-state index is 10.7. The van der Waals surface area contributed by atoms with E-state index in [-0.39, 0.29) is 11.9 Å². The van der Waals surface area contributed by atoms with Crippen LogP contribution >= 0.6 is 22.6 Å². The number of carbonyl (C=O) groups excluding carboxylic acids is 2. The molecule has 0 spiro atoms. The zero-order valence-electron chi connectivity index (χ0n) is 14.7. The molecule has 0 aliphatic rings. The van der Waals surface area contributed by atoms with Gasteiger partial charge in [-0.1, -0.05) is 0 Å². The van der Waals surface area contributed by atoms with E-state index >= 15 is 0 Å². The number of esters is 2. The minimum absolute atomic E-state index is 0.256. The quantitative estimate of drug-likeness (QED) is 0.267. The van der Waals surface area contributed by atoms with Crippen LogP contribution in [0.3, 0.4) is 0 Å². The topological polar surface area (TPSA) is 71.1 Å². The van der Waals surface area contributed by atoms with Gasteiger partial charge in [-0.2, -0.15) is 0 Å². The molecule has 0 N–H and O–H groups in total. The molecule has 0 aromatic heterocycles. The maximum atomic E-state index is 10.7. The first-order valence-electron chi connectivity index (χ1n) is 8.30. The van der Waals surface area contributed by atoms with Crippen molar-refractivity contribution in [1.29, 1.82) is 0 Å². The van der Waals surface area contributed by atoms with Gasteiger partial charge in [-0.3, -0.25) is 9.59 Å². The zero-order valence-corrected chi connectivity index (χ0v) is 16.9. The summed E-state index contributed by atoms with van der Waals surface area (Å²) in [5.74, 6) is 1.00. The van der Waals surface area contributed by atoms with E-state index in [4.69, 9.17) is 18.9 Å². The standard InChI is InChI=1S/C18H25IO6/c1-14(20)22-7-3-5-9-24-17-11-16(19)12-18(13-17)25-10-6-4-8-23-15(2)21/h11-13H,3-10H2,1-2H3. The lowest BCUT2D eigenvalue weighted by Crippen LogP contribution is -2.05. The molecule has 0 heterocycles. The highest BCUT2D eigenvalue weighted by molar-refractivity contribution is 14.1. The molecular formula is C18H25IO6. The van der Waals surface area contributed by atoms with Gasteiger partial charge in [0.05, 0.1) is 26.4 Å². The molecular weight excluding hydrogens is 439 g/mol. The Morgan fingerprint density at radius 3 is 1.56 bits per heavy atom. The number of hydrogen-bond acceptors (Lipinski definition) is 6. The summed E-state index contributed by atoms with van der Waals surface area (Å²) in [6, 6.07) is 5.75. The summed E-state index contributed by atoms with van der Waals surface area (Å²) in [5, 5.41) is 0. The van der Waals surface area contributed by atoms with Gasteiger partial charge in [0.25, 0.3) is 0 Å². The van der Waals surface area contributed by atoms with Gasteiger partial charge in [0.1, 0.15) is 11.5 Å². The van der Waals surface area contributed by atoms with Gasteiger partial charge >= 0.3 is 11.9 Å². The summed E-state index contributed by atoms with van der Waals surface area (Å²) < 4.78 is 22.2. The Kier molecular flexibility index (Phi) is 11.0. The van der Waals surface area contributed by atoms with Gasteiger partial charge in [-0.05, 0) is 60.4 Å². The van der Waals surface area contributed by atoms with Gasteiger partial charge in [0.2, 0.25) is 0 Å². The Balaban J connectivity index is 2.25. The second-order valence-electron chi connectivity index (χ2n) is 5.41. The van der Waals surface area contributed by atoms with Crippen molar-refractivity contribution in [3.05, 3.63) is 21.8 Å². The van der Waals surface area contributed by atoms with Crippen LogP contribution in [-0.4, -0.2) is 38.4 Å². The minimum Gasteiger partial charge on any atom is -0.493 e. The van der Waals surface area contributed by atoms with E-state index in [1.54, 1.807) is 0 Å². The van der Waals surface area contributed by atoms with E-state index in [1.165, 1.54) is 13.8 Å². The number of hydrogen-bond donors (Lipinski definition) is 0. The maximum Gasteiger partial charge on any atom is 0.302 e. The van der Waals surface area contributed by atoms with Crippen molar-refractivity contribution in [2.24, 2.45) is 0 Å². The fourth-order valence-electron chi connectivity index (χ4n) is 1.92. The third-order valence-corrected chi connectivity index (χ3v) is 3.69. The van der Waals surface area contributed by atoms with Crippen LogP contribution in [0.15, 0.2) is 18.2 Å². The molecule has 1 rings (SSSR count). The highest BCUT2D eigenvalue weighted by Crippen LogP contribution is 2.24. The summed E-state index contributed by atoms with van der Waals surface area (Å²) in [6.07, 6.45) is 3.17. The van der Waals surface area contributed by atoms with Gasteiger partial charge < -0.3 is 18.9 Å². The molecule has 0 bridgehead atoms. The number of halogens is 1. The van der Waals surface area contributed by atoms with Crippen molar-refractivity contribution in [1.82, 2.24) is 0 Å². The summed E-state index contributed by atoms with van der Waals surface area (Å²) in [4.78, 5) is 21.3. The predicted molar refractivity (Wildman–Crippen MR) is 102 cm³/mol. The number of rotatable bonds is 12. The highest BCUT2D eigenvalue weighted by Gasteiger charge is 2.03. The molecule has 6 nitrogen and oxygen atoms in total. The zero-order chi connectivity index (χ0) is 18.5. The summed E-state index contributed by atoms with van der Waals surface area (Å²) >= 11 is 2.22. The lowest BCUT2D eigenvalue weighted by molar-refractivity contribution is -0.142. The minimum atomic E-state index is -0.256. The van der Waals surface area contributed by atoms with E-state index < -0.39 is 0 Å². The fourth-order valence-corrected chi connectivity index (χ4v) is 2.54. The molecule has 0 fully saturated rings. The van der Waals surface area contributed by atoms with Crippen LogP contribution in [0, 0.1) is 3.57 Å². The number of carbonyl (C=O) groups is 2. The smallest absolute Gasteiger partial charge is 0.302 e. The van der Waals surface area contributed by atoms with Crippen molar-refractivity contribution in [2.75, 3.05) is 26.4 Å². The summed E-state index contributed by atoms with van der Waals surface area (Å²) in [6.45, 7) is 4.77. The molecule has 0 unspecified atom stereocenters. The predicted octanol–water partition coefficient (Wildman–Crippen LogP) is 3.74. The van der Waals surface area contributed by atoms with Crippen LogP contribution in [0.2, 0.25) is 0 Å².